The van der Waals surface area contributed by atoms with Crippen molar-refractivity contribution in [2.24, 2.45) is 0 Å². The van der Waals surface area contributed by atoms with E-state index in [2.05, 4.69) is 43.4 Å². The molecule has 0 fully saturated rings. The topological polar surface area (TPSA) is 30.5 Å². The Kier molecular flexibility index (Phi) is 5.09. The predicted molar refractivity (Wildman–Crippen MR) is 87.4 cm³/mol. The third kappa shape index (κ3) is 3.69. The first-order valence-electron chi connectivity index (χ1n) is 7.28. The quantitative estimate of drug-likeness (QED) is 0.843. The van der Waals surface area contributed by atoms with Gasteiger partial charge in [0.05, 0.1) is 13.7 Å². The number of hydrogen-bond acceptors (Lipinski definition) is 3. The Hall–Kier alpha value is -2.16. The van der Waals surface area contributed by atoms with Crippen LogP contribution >= 0.6 is 0 Å². The summed E-state index contributed by atoms with van der Waals surface area (Å²) in [5.41, 5.74) is 3.61. The first-order chi connectivity index (χ1) is 10.2. The van der Waals surface area contributed by atoms with E-state index >= 15 is 0 Å². The van der Waals surface area contributed by atoms with Crippen LogP contribution in [0.1, 0.15) is 31.0 Å². The molecule has 2 rings (SSSR count). The molecule has 0 aliphatic carbocycles. The first kappa shape index (κ1) is 15.2. The lowest BCUT2D eigenvalue weighted by molar-refractivity contribution is 0.311. The van der Waals surface area contributed by atoms with E-state index in [0.717, 1.165) is 17.2 Å². The lowest BCUT2D eigenvalue weighted by Crippen LogP contribution is -2.08. The zero-order valence-corrected chi connectivity index (χ0v) is 13.1. The van der Waals surface area contributed by atoms with Crippen LogP contribution in [-0.2, 0) is 0 Å². The van der Waals surface area contributed by atoms with Crippen molar-refractivity contribution in [3.63, 3.8) is 0 Å². The van der Waals surface area contributed by atoms with Crippen LogP contribution in [0.2, 0.25) is 0 Å². The summed E-state index contributed by atoms with van der Waals surface area (Å²) < 4.78 is 10.9. The van der Waals surface area contributed by atoms with E-state index in [-0.39, 0.29) is 6.04 Å². The van der Waals surface area contributed by atoms with Gasteiger partial charge in [-0.25, -0.2) is 0 Å². The molecule has 0 saturated carbocycles. The van der Waals surface area contributed by atoms with Gasteiger partial charge in [-0.15, -0.1) is 0 Å². The molecule has 0 aliphatic rings. The minimum Gasteiger partial charge on any atom is -0.493 e. The summed E-state index contributed by atoms with van der Waals surface area (Å²) in [7, 11) is 1.65. The van der Waals surface area contributed by atoms with E-state index in [9.17, 15) is 0 Å². The fraction of sp³-hybridized carbons (Fsp3) is 0.333. The molecule has 0 bridgehead atoms. The number of ether oxygens (including phenoxy) is 2. The number of methoxy groups -OCH3 is 1. The van der Waals surface area contributed by atoms with Crippen LogP contribution in [-0.4, -0.2) is 13.7 Å². The molecule has 1 atom stereocenters. The summed E-state index contributed by atoms with van der Waals surface area (Å²) >= 11 is 0. The van der Waals surface area contributed by atoms with Crippen LogP contribution in [0.3, 0.4) is 0 Å². The van der Waals surface area contributed by atoms with Crippen molar-refractivity contribution in [3.8, 4) is 11.5 Å². The minimum absolute atomic E-state index is 0.231. The molecule has 0 aromatic heterocycles. The molecule has 2 aromatic carbocycles. The van der Waals surface area contributed by atoms with Crippen LogP contribution in [0.4, 0.5) is 5.69 Å². The van der Waals surface area contributed by atoms with Crippen molar-refractivity contribution < 1.29 is 9.47 Å². The van der Waals surface area contributed by atoms with Gasteiger partial charge in [-0.2, -0.15) is 0 Å². The standard InChI is InChI=1S/C18H23NO2/c1-5-21-18-12-15(10-11-17(18)20-4)19-14(3)16-9-7-6-8-13(16)2/h6-12,14,19H,5H2,1-4H3. The molecular weight excluding hydrogens is 262 g/mol. The number of anilines is 1. The maximum atomic E-state index is 5.61. The second-order valence-corrected chi connectivity index (χ2v) is 5.02. The Balaban J connectivity index is 2.19. The van der Waals surface area contributed by atoms with E-state index in [0.29, 0.717) is 6.61 Å². The molecule has 2 aromatic rings. The number of rotatable bonds is 6. The fourth-order valence-corrected chi connectivity index (χ4v) is 2.44. The second-order valence-electron chi connectivity index (χ2n) is 5.02. The highest BCUT2D eigenvalue weighted by Gasteiger charge is 2.10. The Morgan fingerprint density at radius 2 is 1.86 bits per heavy atom. The smallest absolute Gasteiger partial charge is 0.163 e. The van der Waals surface area contributed by atoms with Crippen LogP contribution in [0.15, 0.2) is 42.5 Å². The maximum Gasteiger partial charge on any atom is 0.163 e. The lowest BCUT2D eigenvalue weighted by atomic mass is 10.0. The van der Waals surface area contributed by atoms with Crippen molar-refractivity contribution >= 4 is 5.69 Å². The summed E-state index contributed by atoms with van der Waals surface area (Å²) in [5, 5.41) is 3.51. The van der Waals surface area contributed by atoms with Gasteiger partial charge in [0.2, 0.25) is 0 Å². The Labute approximate surface area is 126 Å². The highest BCUT2D eigenvalue weighted by atomic mass is 16.5. The number of nitrogens with one attached hydrogen (secondary N) is 1. The van der Waals surface area contributed by atoms with Crippen molar-refractivity contribution in [1.29, 1.82) is 0 Å². The van der Waals surface area contributed by atoms with E-state index in [4.69, 9.17) is 9.47 Å². The SMILES string of the molecule is CCOc1cc(NC(C)c2ccccc2C)ccc1OC. The molecule has 0 radical (unpaired) electrons. The largest absolute Gasteiger partial charge is 0.493 e. The average Bonchev–Trinajstić information content (AvgIpc) is 2.48. The molecule has 0 heterocycles. The maximum absolute atomic E-state index is 5.61. The van der Waals surface area contributed by atoms with Gasteiger partial charge in [-0.1, -0.05) is 24.3 Å². The molecule has 0 spiro atoms. The molecule has 1 unspecified atom stereocenters. The number of aryl methyl sites for hydroxylation is 1. The summed E-state index contributed by atoms with van der Waals surface area (Å²) in [4.78, 5) is 0. The van der Waals surface area contributed by atoms with Crippen molar-refractivity contribution in [2.75, 3.05) is 19.0 Å². The van der Waals surface area contributed by atoms with Crippen molar-refractivity contribution in [1.82, 2.24) is 0 Å². The molecule has 0 aliphatic heterocycles. The third-order valence-corrected chi connectivity index (χ3v) is 3.50. The summed E-state index contributed by atoms with van der Waals surface area (Å²) in [6.45, 7) is 6.88. The molecular formula is C18H23NO2. The summed E-state index contributed by atoms with van der Waals surface area (Å²) in [5.74, 6) is 1.52. The van der Waals surface area contributed by atoms with Gasteiger partial charge in [-0.05, 0) is 44.0 Å². The van der Waals surface area contributed by atoms with Gasteiger partial charge in [0.15, 0.2) is 11.5 Å². The van der Waals surface area contributed by atoms with Crippen molar-refractivity contribution in [3.05, 3.63) is 53.6 Å². The molecule has 3 heteroatoms. The monoisotopic (exact) mass is 285 g/mol. The number of benzene rings is 2. The number of hydrogen-bond donors (Lipinski definition) is 1. The zero-order chi connectivity index (χ0) is 15.2. The van der Waals surface area contributed by atoms with Crippen LogP contribution in [0.25, 0.3) is 0 Å². The fourth-order valence-electron chi connectivity index (χ4n) is 2.44. The van der Waals surface area contributed by atoms with E-state index < -0.39 is 0 Å². The normalized spacial score (nSPS) is 11.8. The van der Waals surface area contributed by atoms with Gasteiger partial charge in [-0.3, -0.25) is 0 Å². The van der Waals surface area contributed by atoms with Gasteiger partial charge in [0.1, 0.15) is 0 Å². The summed E-state index contributed by atoms with van der Waals surface area (Å²) in [6, 6.07) is 14.6. The Morgan fingerprint density at radius 3 is 2.52 bits per heavy atom. The molecule has 0 saturated heterocycles. The lowest BCUT2D eigenvalue weighted by Gasteiger charge is -2.19. The Morgan fingerprint density at radius 1 is 1.10 bits per heavy atom. The molecule has 1 N–H and O–H groups in total. The van der Waals surface area contributed by atoms with E-state index in [1.54, 1.807) is 7.11 Å². The second kappa shape index (κ2) is 7.02. The highest BCUT2D eigenvalue weighted by molar-refractivity contribution is 5.56. The van der Waals surface area contributed by atoms with Crippen LogP contribution in [0, 0.1) is 6.92 Å². The molecule has 3 nitrogen and oxygen atoms in total. The molecule has 112 valence electrons. The van der Waals surface area contributed by atoms with Gasteiger partial charge < -0.3 is 14.8 Å². The van der Waals surface area contributed by atoms with Crippen LogP contribution < -0.4 is 14.8 Å². The summed E-state index contributed by atoms with van der Waals surface area (Å²) in [6.07, 6.45) is 0. The van der Waals surface area contributed by atoms with Gasteiger partial charge >= 0.3 is 0 Å². The van der Waals surface area contributed by atoms with Gasteiger partial charge in [0, 0.05) is 17.8 Å². The van der Waals surface area contributed by atoms with E-state index in [1.807, 2.05) is 25.1 Å². The minimum atomic E-state index is 0.231. The Bertz CT molecular complexity index is 596. The molecule has 0 amide bonds. The average molecular weight is 285 g/mol. The molecule has 21 heavy (non-hydrogen) atoms. The van der Waals surface area contributed by atoms with E-state index in [1.165, 1.54) is 11.1 Å². The first-order valence-corrected chi connectivity index (χ1v) is 7.28. The zero-order valence-electron chi connectivity index (χ0n) is 13.1. The predicted octanol–water partition coefficient (Wildman–Crippen LogP) is 4.58. The highest BCUT2D eigenvalue weighted by Crippen LogP contribution is 2.32. The van der Waals surface area contributed by atoms with Gasteiger partial charge in [0.25, 0.3) is 0 Å². The van der Waals surface area contributed by atoms with Crippen molar-refractivity contribution in [2.45, 2.75) is 26.8 Å². The van der Waals surface area contributed by atoms with Crippen LogP contribution in [0.5, 0.6) is 11.5 Å². The third-order valence-electron chi connectivity index (χ3n) is 3.50.